The van der Waals surface area contributed by atoms with Gasteiger partial charge in [-0.25, -0.2) is 0 Å². The Hall–Kier alpha value is -2.95. The maximum atomic E-state index is 11.5. The highest BCUT2D eigenvalue weighted by atomic mass is 16.2. The Morgan fingerprint density at radius 3 is 2.32 bits per heavy atom. The van der Waals surface area contributed by atoms with Crippen LogP contribution in [0, 0.1) is 13.8 Å². The van der Waals surface area contributed by atoms with Crippen LogP contribution in [0.4, 0.5) is 17.1 Å². The SMILES string of the molecule is C=C(CNc1ccc(C)cc1C)Nc1ccc(N2CCN(C(C)=O)CC2)cc1. The van der Waals surface area contributed by atoms with Crippen LogP contribution in [0.25, 0.3) is 0 Å². The highest BCUT2D eigenvalue weighted by Crippen LogP contribution is 2.21. The summed E-state index contributed by atoms with van der Waals surface area (Å²) in [7, 11) is 0. The van der Waals surface area contributed by atoms with Crippen molar-refractivity contribution in [1.82, 2.24) is 4.90 Å². The number of nitrogens with one attached hydrogen (secondary N) is 2. The molecular weight excluding hydrogens is 348 g/mol. The molecule has 1 amide bonds. The molecule has 0 radical (unpaired) electrons. The summed E-state index contributed by atoms with van der Waals surface area (Å²) in [6, 6.07) is 14.8. The van der Waals surface area contributed by atoms with Gasteiger partial charge in [0.15, 0.2) is 0 Å². The zero-order valence-electron chi connectivity index (χ0n) is 17.1. The van der Waals surface area contributed by atoms with Gasteiger partial charge in [-0.05, 0) is 49.7 Å². The first-order chi connectivity index (χ1) is 13.4. The summed E-state index contributed by atoms with van der Waals surface area (Å²) >= 11 is 0. The van der Waals surface area contributed by atoms with Crippen LogP contribution < -0.4 is 15.5 Å². The maximum absolute atomic E-state index is 11.5. The first kappa shape index (κ1) is 19.8. The second-order valence-electron chi connectivity index (χ2n) is 7.44. The third-order valence-corrected chi connectivity index (χ3v) is 5.15. The van der Waals surface area contributed by atoms with Crippen molar-refractivity contribution in [2.75, 3.05) is 48.3 Å². The largest absolute Gasteiger partial charge is 0.379 e. The summed E-state index contributed by atoms with van der Waals surface area (Å²) in [6.45, 7) is 14.0. The van der Waals surface area contributed by atoms with Crippen molar-refractivity contribution in [3.05, 3.63) is 65.9 Å². The van der Waals surface area contributed by atoms with E-state index in [1.165, 1.54) is 16.8 Å². The van der Waals surface area contributed by atoms with E-state index in [1.807, 2.05) is 4.90 Å². The average Bonchev–Trinajstić information content (AvgIpc) is 2.68. The Balaban J connectivity index is 1.50. The summed E-state index contributed by atoms with van der Waals surface area (Å²) in [6.07, 6.45) is 0. The fourth-order valence-electron chi connectivity index (χ4n) is 3.50. The molecule has 2 aromatic rings. The molecule has 148 valence electrons. The summed E-state index contributed by atoms with van der Waals surface area (Å²) in [5.74, 6) is 0.159. The van der Waals surface area contributed by atoms with Gasteiger partial charge in [-0.15, -0.1) is 0 Å². The standard InChI is InChI=1S/C23H30N4O/c1-17-5-10-23(18(2)15-17)24-16-19(3)25-21-6-8-22(9-7-21)27-13-11-26(12-14-27)20(4)28/h5-10,15,24-25H,3,11-14,16H2,1-2,4H3. The Labute approximate surface area is 168 Å². The predicted molar refractivity (Wildman–Crippen MR) is 118 cm³/mol. The van der Waals surface area contributed by atoms with E-state index in [0.717, 1.165) is 43.3 Å². The molecule has 0 aliphatic carbocycles. The number of benzene rings is 2. The van der Waals surface area contributed by atoms with Gasteiger partial charge in [-0.1, -0.05) is 24.3 Å². The van der Waals surface area contributed by atoms with Crippen LogP contribution in [0.5, 0.6) is 0 Å². The first-order valence-corrected chi connectivity index (χ1v) is 9.79. The second-order valence-corrected chi connectivity index (χ2v) is 7.44. The number of piperazine rings is 1. The Morgan fingerprint density at radius 2 is 1.71 bits per heavy atom. The van der Waals surface area contributed by atoms with Gasteiger partial charge in [0, 0.05) is 55.9 Å². The second kappa shape index (κ2) is 8.83. The van der Waals surface area contributed by atoms with Gasteiger partial charge in [-0.3, -0.25) is 4.79 Å². The summed E-state index contributed by atoms with van der Waals surface area (Å²) in [5, 5.41) is 6.80. The lowest BCUT2D eigenvalue weighted by molar-refractivity contribution is -0.129. The zero-order valence-corrected chi connectivity index (χ0v) is 17.1. The van der Waals surface area contributed by atoms with E-state index in [9.17, 15) is 4.79 Å². The molecule has 0 atom stereocenters. The summed E-state index contributed by atoms with van der Waals surface area (Å²) in [4.78, 5) is 15.7. The molecule has 0 aromatic heterocycles. The number of hydrogen-bond donors (Lipinski definition) is 2. The van der Waals surface area contributed by atoms with Crippen LogP contribution in [0.2, 0.25) is 0 Å². The molecule has 5 nitrogen and oxygen atoms in total. The lowest BCUT2D eigenvalue weighted by Crippen LogP contribution is -2.48. The minimum Gasteiger partial charge on any atom is -0.379 e. The molecule has 1 fully saturated rings. The molecule has 1 aliphatic rings. The van der Waals surface area contributed by atoms with Gasteiger partial charge in [0.25, 0.3) is 0 Å². The van der Waals surface area contributed by atoms with Gasteiger partial charge in [0.1, 0.15) is 0 Å². The molecule has 1 aliphatic heterocycles. The maximum Gasteiger partial charge on any atom is 0.219 e. The monoisotopic (exact) mass is 378 g/mol. The Morgan fingerprint density at radius 1 is 1.04 bits per heavy atom. The molecule has 0 spiro atoms. The highest BCUT2D eigenvalue weighted by molar-refractivity contribution is 5.73. The lowest BCUT2D eigenvalue weighted by Gasteiger charge is -2.35. The number of aryl methyl sites for hydroxylation is 2. The summed E-state index contributed by atoms with van der Waals surface area (Å²) in [5.41, 5.74) is 6.77. The van der Waals surface area contributed by atoms with E-state index in [1.54, 1.807) is 6.92 Å². The Bertz CT molecular complexity index is 836. The molecule has 0 bridgehead atoms. The van der Waals surface area contributed by atoms with Crippen molar-refractivity contribution in [2.45, 2.75) is 20.8 Å². The molecule has 2 aromatic carbocycles. The molecule has 1 saturated heterocycles. The fraction of sp³-hybridized carbons (Fsp3) is 0.348. The van der Waals surface area contributed by atoms with Crippen LogP contribution in [-0.2, 0) is 4.79 Å². The van der Waals surface area contributed by atoms with Crippen molar-refractivity contribution >= 4 is 23.0 Å². The van der Waals surface area contributed by atoms with Crippen LogP contribution in [0.1, 0.15) is 18.1 Å². The van der Waals surface area contributed by atoms with Crippen molar-refractivity contribution in [3.8, 4) is 0 Å². The average molecular weight is 379 g/mol. The number of rotatable bonds is 6. The molecule has 1 heterocycles. The van der Waals surface area contributed by atoms with Crippen molar-refractivity contribution in [2.24, 2.45) is 0 Å². The number of carbonyl (C=O) groups is 1. The number of nitrogens with zero attached hydrogens (tertiary/aromatic N) is 2. The first-order valence-electron chi connectivity index (χ1n) is 9.79. The lowest BCUT2D eigenvalue weighted by atomic mass is 10.1. The molecule has 0 saturated carbocycles. The van der Waals surface area contributed by atoms with Crippen LogP contribution in [0.15, 0.2) is 54.7 Å². The van der Waals surface area contributed by atoms with Gasteiger partial charge >= 0.3 is 0 Å². The number of amides is 1. The summed E-state index contributed by atoms with van der Waals surface area (Å²) < 4.78 is 0. The molecule has 28 heavy (non-hydrogen) atoms. The van der Waals surface area contributed by atoms with E-state index in [4.69, 9.17) is 0 Å². The van der Waals surface area contributed by atoms with Crippen LogP contribution in [0.3, 0.4) is 0 Å². The third-order valence-electron chi connectivity index (χ3n) is 5.15. The van der Waals surface area contributed by atoms with Crippen molar-refractivity contribution in [3.63, 3.8) is 0 Å². The van der Waals surface area contributed by atoms with Crippen molar-refractivity contribution < 1.29 is 4.79 Å². The number of anilines is 3. The molecule has 5 heteroatoms. The smallest absolute Gasteiger partial charge is 0.219 e. The third kappa shape index (κ3) is 5.06. The molecule has 0 unspecified atom stereocenters. The topological polar surface area (TPSA) is 47.6 Å². The van der Waals surface area contributed by atoms with Gasteiger partial charge < -0.3 is 20.4 Å². The van der Waals surface area contributed by atoms with E-state index >= 15 is 0 Å². The molecular formula is C23H30N4O. The number of carbonyl (C=O) groups excluding carboxylic acids is 1. The van der Waals surface area contributed by atoms with Gasteiger partial charge in [0.2, 0.25) is 5.91 Å². The van der Waals surface area contributed by atoms with Gasteiger partial charge in [0.05, 0.1) is 6.54 Å². The van der Waals surface area contributed by atoms with Crippen LogP contribution >= 0.6 is 0 Å². The van der Waals surface area contributed by atoms with Crippen LogP contribution in [-0.4, -0.2) is 43.5 Å². The van der Waals surface area contributed by atoms with E-state index in [0.29, 0.717) is 6.54 Å². The van der Waals surface area contributed by atoms with E-state index in [-0.39, 0.29) is 5.91 Å². The quantitative estimate of drug-likeness (QED) is 0.797. The minimum atomic E-state index is 0.159. The molecule has 3 rings (SSSR count). The Kier molecular flexibility index (Phi) is 6.24. The normalized spacial score (nSPS) is 14.0. The zero-order chi connectivity index (χ0) is 20.1. The highest BCUT2D eigenvalue weighted by Gasteiger charge is 2.18. The van der Waals surface area contributed by atoms with Gasteiger partial charge in [-0.2, -0.15) is 0 Å². The predicted octanol–water partition coefficient (Wildman–Crippen LogP) is 4.01. The van der Waals surface area contributed by atoms with Crippen molar-refractivity contribution in [1.29, 1.82) is 0 Å². The fourth-order valence-corrected chi connectivity index (χ4v) is 3.50. The van der Waals surface area contributed by atoms with E-state index < -0.39 is 0 Å². The number of hydrogen-bond acceptors (Lipinski definition) is 4. The minimum absolute atomic E-state index is 0.159. The van der Waals surface area contributed by atoms with E-state index in [2.05, 4.69) is 78.4 Å². The molecule has 2 N–H and O–H groups in total.